The largest absolute Gasteiger partial charge is 0.389 e. The van der Waals surface area contributed by atoms with Gasteiger partial charge in [-0.25, -0.2) is 0 Å². The third kappa shape index (κ3) is 3.25. The molecule has 0 amide bonds. The number of aromatic nitrogens is 1. The highest BCUT2D eigenvalue weighted by atomic mass is 32.1. The van der Waals surface area contributed by atoms with Crippen molar-refractivity contribution < 1.29 is 5.11 Å². The topological polar surface area (TPSA) is 45.1 Å². The van der Waals surface area contributed by atoms with Crippen molar-refractivity contribution in [2.24, 2.45) is 0 Å². The molecule has 0 aliphatic carbocycles. The second-order valence-corrected chi connectivity index (χ2v) is 5.94. The summed E-state index contributed by atoms with van der Waals surface area (Å²) in [6.45, 7) is 6.25. The predicted octanol–water partition coefficient (Wildman–Crippen LogP) is 2.72. The zero-order valence-electron chi connectivity index (χ0n) is 10.4. The summed E-state index contributed by atoms with van der Waals surface area (Å²) >= 11 is 1.70. The maximum absolute atomic E-state index is 9.68. The van der Waals surface area contributed by atoms with Crippen LogP contribution >= 0.6 is 11.3 Å². The molecule has 0 saturated carbocycles. The van der Waals surface area contributed by atoms with Crippen LogP contribution in [0.2, 0.25) is 0 Å². The van der Waals surface area contributed by atoms with Crippen LogP contribution in [0, 0.1) is 0 Å². The molecule has 0 saturated heterocycles. The van der Waals surface area contributed by atoms with Crippen molar-refractivity contribution in [1.29, 1.82) is 0 Å². The van der Waals surface area contributed by atoms with Gasteiger partial charge in [-0.05, 0) is 43.8 Å². The Balaban J connectivity index is 2.10. The van der Waals surface area contributed by atoms with E-state index in [2.05, 4.69) is 28.7 Å². The highest BCUT2D eigenvalue weighted by molar-refractivity contribution is 7.17. The summed E-state index contributed by atoms with van der Waals surface area (Å²) in [7, 11) is 0. The molecule has 0 fully saturated rings. The molecule has 0 aromatic carbocycles. The Kier molecular flexibility index (Phi) is 3.47. The Hall–Kier alpha value is -0.970. The van der Waals surface area contributed by atoms with Crippen LogP contribution in [0.25, 0.3) is 10.2 Å². The van der Waals surface area contributed by atoms with Crippen LogP contribution in [-0.4, -0.2) is 22.2 Å². The van der Waals surface area contributed by atoms with Gasteiger partial charge in [-0.3, -0.25) is 4.98 Å². The fourth-order valence-corrected chi connectivity index (χ4v) is 2.41. The molecule has 0 radical (unpaired) electrons. The van der Waals surface area contributed by atoms with Crippen molar-refractivity contribution in [1.82, 2.24) is 10.3 Å². The molecule has 2 aromatic heterocycles. The Morgan fingerprint density at radius 1 is 1.53 bits per heavy atom. The van der Waals surface area contributed by atoms with Crippen molar-refractivity contribution in [3.05, 3.63) is 29.3 Å². The third-order valence-corrected chi connectivity index (χ3v) is 3.52. The van der Waals surface area contributed by atoms with Gasteiger partial charge in [0.2, 0.25) is 0 Å². The van der Waals surface area contributed by atoms with E-state index in [1.807, 2.05) is 12.3 Å². The minimum absolute atomic E-state index is 0.195. The fraction of sp³-hybridized carbons (Fsp3) is 0.462. The van der Waals surface area contributed by atoms with E-state index in [-0.39, 0.29) is 6.04 Å². The van der Waals surface area contributed by atoms with Gasteiger partial charge in [0.1, 0.15) is 0 Å². The van der Waals surface area contributed by atoms with Gasteiger partial charge in [-0.2, -0.15) is 0 Å². The number of nitrogens with one attached hydrogen (secondary N) is 1. The van der Waals surface area contributed by atoms with E-state index < -0.39 is 5.60 Å². The number of hydrogen-bond acceptors (Lipinski definition) is 4. The van der Waals surface area contributed by atoms with E-state index in [1.165, 1.54) is 4.70 Å². The smallest absolute Gasteiger partial charge is 0.0809 e. The Bertz CT molecular complexity index is 501. The number of thiophene rings is 1. The lowest BCUT2D eigenvalue weighted by Gasteiger charge is -2.21. The number of hydrogen-bond donors (Lipinski definition) is 2. The number of pyridine rings is 1. The second-order valence-electron chi connectivity index (χ2n) is 4.99. The van der Waals surface area contributed by atoms with Crippen molar-refractivity contribution >= 4 is 21.6 Å². The first-order valence-electron chi connectivity index (χ1n) is 5.75. The molecule has 0 aliphatic heterocycles. The average Bonchev–Trinajstić information content (AvgIpc) is 2.71. The Morgan fingerprint density at radius 3 is 3.00 bits per heavy atom. The highest BCUT2D eigenvalue weighted by Gasteiger charge is 2.14. The maximum Gasteiger partial charge on any atom is 0.0809 e. The van der Waals surface area contributed by atoms with Crippen LogP contribution in [0.3, 0.4) is 0 Å². The molecule has 2 aromatic rings. The molecule has 92 valence electrons. The summed E-state index contributed by atoms with van der Waals surface area (Å²) < 4.78 is 1.21. The fourth-order valence-electron chi connectivity index (χ4n) is 1.62. The number of nitrogens with zero attached hydrogens (tertiary/aromatic N) is 1. The lowest BCUT2D eigenvalue weighted by molar-refractivity contribution is 0.0770. The minimum Gasteiger partial charge on any atom is -0.389 e. The maximum atomic E-state index is 9.68. The standard InChI is InChI=1S/C13H18N2OS/c1-9(15-8-13(2,3)16)10-6-12-11(14-7-10)4-5-17-12/h4-7,9,15-16H,8H2,1-3H3. The van der Waals surface area contributed by atoms with E-state index in [0.717, 1.165) is 11.1 Å². The van der Waals surface area contributed by atoms with Crippen LogP contribution in [0.4, 0.5) is 0 Å². The van der Waals surface area contributed by atoms with Crippen LogP contribution in [0.1, 0.15) is 32.4 Å². The van der Waals surface area contributed by atoms with Gasteiger partial charge in [-0.15, -0.1) is 11.3 Å². The van der Waals surface area contributed by atoms with Crippen LogP contribution in [-0.2, 0) is 0 Å². The Morgan fingerprint density at radius 2 is 2.29 bits per heavy atom. The number of rotatable bonds is 4. The summed E-state index contributed by atoms with van der Waals surface area (Å²) in [6, 6.07) is 4.38. The lowest BCUT2D eigenvalue weighted by atomic mass is 10.1. The zero-order valence-corrected chi connectivity index (χ0v) is 11.2. The SMILES string of the molecule is CC(NCC(C)(C)O)c1cnc2ccsc2c1. The van der Waals surface area contributed by atoms with Gasteiger partial charge >= 0.3 is 0 Å². The lowest BCUT2D eigenvalue weighted by Crippen LogP contribution is -2.36. The van der Waals surface area contributed by atoms with E-state index in [9.17, 15) is 5.11 Å². The molecular formula is C13H18N2OS. The predicted molar refractivity (Wildman–Crippen MR) is 72.3 cm³/mol. The van der Waals surface area contributed by atoms with Crippen LogP contribution in [0.15, 0.2) is 23.7 Å². The van der Waals surface area contributed by atoms with Crippen LogP contribution < -0.4 is 5.32 Å². The van der Waals surface area contributed by atoms with Gasteiger partial charge in [0, 0.05) is 18.8 Å². The summed E-state index contributed by atoms with van der Waals surface area (Å²) in [5, 5.41) is 15.0. The summed E-state index contributed by atoms with van der Waals surface area (Å²) in [4.78, 5) is 4.41. The van der Waals surface area contributed by atoms with Crippen molar-refractivity contribution in [2.45, 2.75) is 32.4 Å². The normalized spacial score (nSPS) is 14.1. The van der Waals surface area contributed by atoms with Gasteiger partial charge in [0.25, 0.3) is 0 Å². The van der Waals surface area contributed by atoms with Gasteiger partial charge in [-0.1, -0.05) is 0 Å². The first-order valence-corrected chi connectivity index (χ1v) is 6.62. The molecule has 0 bridgehead atoms. The molecule has 17 heavy (non-hydrogen) atoms. The van der Waals surface area contributed by atoms with Crippen molar-refractivity contribution in [3.63, 3.8) is 0 Å². The molecule has 0 spiro atoms. The molecule has 0 aliphatic rings. The second kappa shape index (κ2) is 4.72. The van der Waals surface area contributed by atoms with Gasteiger partial charge in [0.05, 0.1) is 15.8 Å². The number of fused-ring (bicyclic) bond motifs is 1. The third-order valence-electron chi connectivity index (χ3n) is 2.66. The molecule has 2 N–H and O–H groups in total. The monoisotopic (exact) mass is 250 g/mol. The minimum atomic E-state index is -0.686. The van der Waals surface area contributed by atoms with E-state index in [0.29, 0.717) is 6.54 Å². The van der Waals surface area contributed by atoms with Gasteiger partial charge in [0.15, 0.2) is 0 Å². The van der Waals surface area contributed by atoms with E-state index in [4.69, 9.17) is 0 Å². The van der Waals surface area contributed by atoms with E-state index in [1.54, 1.807) is 25.2 Å². The van der Waals surface area contributed by atoms with Crippen molar-refractivity contribution in [3.8, 4) is 0 Å². The first kappa shape index (κ1) is 12.5. The summed E-state index contributed by atoms with van der Waals surface area (Å²) in [6.07, 6.45) is 1.90. The van der Waals surface area contributed by atoms with Gasteiger partial charge < -0.3 is 10.4 Å². The summed E-state index contributed by atoms with van der Waals surface area (Å²) in [5.74, 6) is 0. The Labute approximate surface area is 106 Å². The van der Waals surface area contributed by atoms with E-state index >= 15 is 0 Å². The van der Waals surface area contributed by atoms with Crippen LogP contribution in [0.5, 0.6) is 0 Å². The molecule has 2 rings (SSSR count). The molecule has 1 unspecified atom stereocenters. The molecule has 1 atom stereocenters. The zero-order chi connectivity index (χ0) is 12.5. The average molecular weight is 250 g/mol. The quantitative estimate of drug-likeness (QED) is 0.877. The molecule has 3 nitrogen and oxygen atoms in total. The number of aliphatic hydroxyl groups is 1. The molecular weight excluding hydrogens is 232 g/mol. The molecule has 2 heterocycles. The van der Waals surface area contributed by atoms with Crippen molar-refractivity contribution in [2.75, 3.05) is 6.54 Å². The summed E-state index contributed by atoms with van der Waals surface area (Å²) in [5.41, 5.74) is 1.52. The highest BCUT2D eigenvalue weighted by Crippen LogP contribution is 2.22. The molecule has 4 heteroatoms. The first-order chi connectivity index (χ1) is 7.96.